The Labute approximate surface area is 269 Å². The van der Waals surface area contributed by atoms with Gasteiger partial charge < -0.3 is 29.6 Å². The number of urea groups is 1. The number of amides is 4. The van der Waals surface area contributed by atoms with Crippen molar-refractivity contribution in [1.82, 2.24) is 9.80 Å². The molecule has 2 aliphatic heterocycles. The standard InChI is InChI=1S/C19H20N4O7.2K/c1-20-5-6-21(2)14-8-11(3-4-13(14)20)7-12-17(28)22(9-15(24)25)19(30)23(18(12)29)10-16(26)27;;/h3-4,7-8H,5-6,9-10H2,1-2H3,(H,24,25)(H,26,27);;/q;2*+1/p-2. The zero-order valence-electron chi connectivity index (χ0n) is 18.3. The van der Waals surface area contributed by atoms with Crippen molar-refractivity contribution in [2.75, 3.05) is 50.1 Å². The van der Waals surface area contributed by atoms with Gasteiger partial charge in [-0.3, -0.25) is 19.4 Å². The molecule has 1 aromatic carbocycles. The van der Waals surface area contributed by atoms with Crippen molar-refractivity contribution in [3.63, 3.8) is 0 Å². The maximum absolute atomic E-state index is 12.6. The van der Waals surface area contributed by atoms with Crippen molar-refractivity contribution in [3.8, 4) is 0 Å². The maximum atomic E-state index is 12.6. The number of hydrogen-bond acceptors (Lipinski definition) is 9. The minimum atomic E-state index is -1.74. The van der Waals surface area contributed by atoms with E-state index in [0.29, 0.717) is 5.56 Å². The van der Waals surface area contributed by atoms with Gasteiger partial charge in [-0.25, -0.2) is 4.79 Å². The quantitative estimate of drug-likeness (QED) is 0.222. The molecule has 0 unspecified atom stereocenters. The van der Waals surface area contributed by atoms with E-state index in [2.05, 4.69) is 0 Å². The topological polar surface area (TPSA) is 144 Å². The van der Waals surface area contributed by atoms with Crippen molar-refractivity contribution in [2.24, 2.45) is 0 Å². The van der Waals surface area contributed by atoms with Gasteiger partial charge in [-0.05, 0) is 23.8 Å². The molecule has 1 aromatic rings. The van der Waals surface area contributed by atoms with Crippen LogP contribution in [-0.4, -0.2) is 79.9 Å². The van der Waals surface area contributed by atoms with Crippen LogP contribution in [0.1, 0.15) is 5.56 Å². The van der Waals surface area contributed by atoms with Gasteiger partial charge >= 0.3 is 109 Å². The number of likely N-dealkylation sites (N-methyl/N-ethyl adjacent to an activating group) is 2. The number of carbonyl (C=O) groups is 5. The Kier molecular flexibility index (Phi) is 11.2. The van der Waals surface area contributed by atoms with Gasteiger partial charge in [0, 0.05) is 27.2 Å². The first-order chi connectivity index (χ1) is 14.1. The van der Waals surface area contributed by atoms with Crippen LogP contribution in [0.25, 0.3) is 6.08 Å². The van der Waals surface area contributed by atoms with Crippen LogP contribution >= 0.6 is 0 Å². The Balaban J connectivity index is 0.00000256. The number of carbonyl (C=O) groups excluding carboxylic acids is 5. The average molecular weight is 493 g/mol. The molecule has 158 valence electrons. The summed E-state index contributed by atoms with van der Waals surface area (Å²) >= 11 is 0. The Bertz CT molecular complexity index is 958. The maximum Gasteiger partial charge on any atom is 1.00 e. The monoisotopic (exact) mass is 492 g/mol. The minimum Gasteiger partial charge on any atom is -0.548 e. The summed E-state index contributed by atoms with van der Waals surface area (Å²) in [5.41, 5.74) is 1.70. The van der Waals surface area contributed by atoms with Crippen LogP contribution in [0.15, 0.2) is 23.8 Å². The van der Waals surface area contributed by atoms with Crippen LogP contribution in [0.5, 0.6) is 0 Å². The number of rotatable bonds is 5. The Morgan fingerprint density at radius 1 is 0.875 bits per heavy atom. The fraction of sp³-hybridized carbons (Fsp3) is 0.316. The van der Waals surface area contributed by atoms with E-state index in [1.807, 2.05) is 23.9 Å². The fourth-order valence-corrected chi connectivity index (χ4v) is 3.33. The van der Waals surface area contributed by atoms with E-state index in [1.54, 1.807) is 18.2 Å². The van der Waals surface area contributed by atoms with Crippen molar-refractivity contribution >= 4 is 47.2 Å². The summed E-state index contributed by atoms with van der Waals surface area (Å²) in [6.45, 7) is -0.666. The van der Waals surface area contributed by atoms with Crippen molar-refractivity contribution in [1.29, 1.82) is 0 Å². The molecule has 2 aliphatic rings. The van der Waals surface area contributed by atoms with Gasteiger partial charge in [-0.1, -0.05) is 6.07 Å². The Morgan fingerprint density at radius 3 is 1.81 bits per heavy atom. The minimum absolute atomic E-state index is 0. The molecule has 0 N–H and O–H groups in total. The van der Waals surface area contributed by atoms with E-state index in [-0.39, 0.29) is 113 Å². The van der Waals surface area contributed by atoms with Gasteiger partial charge in [0.15, 0.2) is 0 Å². The van der Waals surface area contributed by atoms with Crippen LogP contribution in [-0.2, 0) is 19.2 Å². The third-order valence-electron chi connectivity index (χ3n) is 4.89. The molecular formula is C19H18K2N4O7. The van der Waals surface area contributed by atoms with E-state index < -0.39 is 48.4 Å². The molecule has 0 aliphatic carbocycles. The molecule has 3 rings (SSSR count). The number of barbiturate groups is 1. The predicted molar refractivity (Wildman–Crippen MR) is 99.8 cm³/mol. The van der Waals surface area contributed by atoms with Gasteiger partial charge in [0.2, 0.25) is 0 Å². The molecule has 4 amide bonds. The summed E-state index contributed by atoms with van der Waals surface area (Å²) < 4.78 is 0. The molecule has 0 radical (unpaired) electrons. The fourth-order valence-electron chi connectivity index (χ4n) is 3.33. The summed E-state index contributed by atoms with van der Waals surface area (Å²) in [4.78, 5) is 64.0. The average Bonchev–Trinajstić information content (AvgIpc) is 2.68. The van der Waals surface area contributed by atoms with Gasteiger partial charge in [0.1, 0.15) is 5.57 Å². The van der Waals surface area contributed by atoms with E-state index >= 15 is 0 Å². The van der Waals surface area contributed by atoms with Crippen LogP contribution in [0.2, 0.25) is 0 Å². The first kappa shape index (κ1) is 29.4. The van der Waals surface area contributed by atoms with E-state index in [0.717, 1.165) is 24.5 Å². The number of hydrogen-bond donors (Lipinski definition) is 0. The molecule has 1 saturated heterocycles. The normalized spacial score (nSPS) is 15.7. The number of anilines is 2. The van der Waals surface area contributed by atoms with Crippen LogP contribution in [0.4, 0.5) is 16.2 Å². The number of carboxylic acid groups (broad SMARTS) is 2. The van der Waals surface area contributed by atoms with Gasteiger partial charge in [-0.2, -0.15) is 0 Å². The molecule has 32 heavy (non-hydrogen) atoms. The predicted octanol–water partition coefficient (Wildman–Crippen LogP) is -8.75. The molecule has 0 saturated carbocycles. The molecule has 13 heteroatoms. The van der Waals surface area contributed by atoms with Gasteiger partial charge in [-0.15, -0.1) is 0 Å². The SMILES string of the molecule is CN1CCN(C)c2cc(C=C3C(=O)N(CC(=O)[O-])C(=O)N(CC(=O)[O-])C3=O)ccc21.[K+].[K+]. The number of aliphatic carboxylic acids is 2. The summed E-state index contributed by atoms with van der Waals surface area (Å²) in [5.74, 6) is -5.77. The first-order valence-corrected chi connectivity index (χ1v) is 8.95. The van der Waals surface area contributed by atoms with Crippen LogP contribution in [0.3, 0.4) is 0 Å². The molecule has 0 bridgehead atoms. The number of fused-ring (bicyclic) bond motifs is 1. The number of carboxylic acids is 2. The molecule has 2 heterocycles. The number of benzene rings is 1. The number of imide groups is 2. The van der Waals surface area contributed by atoms with Crippen molar-refractivity contribution in [3.05, 3.63) is 29.3 Å². The number of nitrogens with zero attached hydrogens (tertiary/aromatic N) is 4. The van der Waals surface area contributed by atoms with Crippen LogP contribution < -0.4 is 123 Å². The third kappa shape index (κ3) is 6.28. The largest absolute Gasteiger partial charge is 1.00 e. The molecule has 0 atom stereocenters. The molecular weight excluding hydrogens is 474 g/mol. The first-order valence-electron chi connectivity index (χ1n) is 8.95. The molecule has 0 spiro atoms. The van der Waals surface area contributed by atoms with Crippen molar-refractivity contribution < 1.29 is 137 Å². The molecule has 11 nitrogen and oxygen atoms in total. The van der Waals surface area contributed by atoms with E-state index in [4.69, 9.17) is 0 Å². The summed E-state index contributed by atoms with van der Waals surface area (Å²) in [6, 6.07) is 3.84. The summed E-state index contributed by atoms with van der Waals surface area (Å²) in [7, 11) is 3.82. The zero-order chi connectivity index (χ0) is 22.2. The van der Waals surface area contributed by atoms with Gasteiger partial charge in [0.05, 0.1) is 36.4 Å². The summed E-state index contributed by atoms with van der Waals surface area (Å²) in [5, 5.41) is 21.9. The van der Waals surface area contributed by atoms with E-state index in [1.165, 1.54) is 6.08 Å². The third-order valence-corrected chi connectivity index (χ3v) is 4.89. The summed E-state index contributed by atoms with van der Waals surface area (Å²) in [6.07, 6.45) is 1.20. The molecule has 1 fully saturated rings. The second-order valence-electron chi connectivity index (χ2n) is 6.96. The van der Waals surface area contributed by atoms with Crippen molar-refractivity contribution in [2.45, 2.75) is 0 Å². The smallest absolute Gasteiger partial charge is 0.548 e. The Morgan fingerprint density at radius 2 is 1.34 bits per heavy atom. The van der Waals surface area contributed by atoms with Gasteiger partial charge in [0.25, 0.3) is 11.8 Å². The van der Waals surface area contributed by atoms with E-state index in [9.17, 15) is 34.2 Å². The van der Waals surface area contributed by atoms with Crippen LogP contribution in [0, 0.1) is 0 Å². The second kappa shape index (κ2) is 12.2. The Hall–Kier alpha value is -0.617. The molecule has 0 aromatic heterocycles. The zero-order valence-corrected chi connectivity index (χ0v) is 24.5. The second-order valence-corrected chi connectivity index (χ2v) is 6.96.